The predicted octanol–water partition coefficient (Wildman–Crippen LogP) is 4.63. The highest BCUT2D eigenvalue weighted by atomic mass is 32.2. The van der Waals surface area contributed by atoms with Gasteiger partial charge in [0.1, 0.15) is 4.32 Å². The molecule has 7 nitrogen and oxygen atoms in total. The van der Waals surface area contributed by atoms with E-state index in [1.54, 1.807) is 12.1 Å². The fourth-order valence-corrected chi connectivity index (χ4v) is 3.04. The van der Waals surface area contributed by atoms with E-state index < -0.39 is 10.9 Å². The Hall–Kier alpha value is -2.65. The standard InChI is InChI=1S/C17H17N3O4S2/c21-16(22)2-1-11-26-17(25)19-14-5-3-12(4-6-14)18-13-7-9-15(10-8-13)20(23)24/h3-10,18H,1-2,11H2,(H,19,25)(H,21,22). The molecule has 2 rings (SSSR count). The molecule has 136 valence electrons. The van der Waals surface area contributed by atoms with Gasteiger partial charge in [-0.1, -0.05) is 24.0 Å². The molecule has 0 spiro atoms. The van der Waals surface area contributed by atoms with Gasteiger partial charge in [-0.05, 0) is 42.8 Å². The summed E-state index contributed by atoms with van der Waals surface area (Å²) in [6.45, 7) is 0. The summed E-state index contributed by atoms with van der Waals surface area (Å²) in [6.07, 6.45) is 0.707. The van der Waals surface area contributed by atoms with E-state index in [2.05, 4.69) is 10.6 Å². The van der Waals surface area contributed by atoms with E-state index in [1.165, 1.54) is 23.9 Å². The van der Waals surface area contributed by atoms with Crippen molar-refractivity contribution in [2.24, 2.45) is 0 Å². The number of hydrogen-bond donors (Lipinski definition) is 3. The van der Waals surface area contributed by atoms with Gasteiger partial charge in [0.05, 0.1) is 4.92 Å². The van der Waals surface area contributed by atoms with E-state index in [1.807, 2.05) is 24.3 Å². The lowest BCUT2D eigenvalue weighted by atomic mass is 10.2. The van der Waals surface area contributed by atoms with Crippen LogP contribution in [0, 0.1) is 10.1 Å². The van der Waals surface area contributed by atoms with Gasteiger partial charge in [-0.3, -0.25) is 14.9 Å². The second-order valence-electron chi connectivity index (χ2n) is 5.26. The Bertz CT molecular complexity index is 780. The van der Waals surface area contributed by atoms with Crippen molar-refractivity contribution < 1.29 is 14.8 Å². The van der Waals surface area contributed by atoms with Crippen molar-refractivity contribution in [2.45, 2.75) is 12.8 Å². The van der Waals surface area contributed by atoms with E-state index in [-0.39, 0.29) is 12.1 Å². The summed E-state index contributed by atoms with van der Waals surface area (Å²) in [7, 11) is 0. The van der Waals surface area contributed by atoms with Gasteiger partial charge < -0.3 is 15.7 Å². The van der Waals surface area contributed by atoms with Gasteiger partial charge in [-0.2, -0.15) is 0 Å². The molecule has 0 aliphatic carbocycles. The van der Waals surface area contributed by atoms with E-state index in [0.717, 1.165) is 17.1 Å². The Morgan fingerprint density at radius 2 is 1.62 bits per heavy atom. The summed E-state index contributed by atoms with van der Waals surface area (Å²) in [5.41, 5.74) is 2.46. The van der Waals surface area contributed by atoms with Crippen LogP contribution in [0.5, 0.6) is 0 Å². The number of rotatable bonds is 8. The average molecular weight is 391 g/mol. The van der Waals surface area contributed by atoms with Crippen LogP contribution in [-0.2, 0) is 4.79 Å². The Morgan fingerprint density at radius 1 is 1.08 bits per heavy atom. The minimum atomic E-state index is -0.805. The number of nitrogens with zero attached hydrogens (tertiary/aromatic N) is 1. The number of thiocarbonyl (C=S) groups is 1. The van der Waals surface area contributed by atoms with E-state index in [9.17, 15) is 14.9 Å². The third-order valence-corrected chi connectivity index (χ3v) is 4.58. The fraction of sp³-hybridized carbons (Fsp3) is 0.176. The number of anilines is 3. The lowest BCUT2D eigenvalue weighted by Gasteiger charge is -2.10. The molecule has 0 atom stereocenters. The topological polar surface area (TPSA) is 104 Å². The molecular formula is C17H17N3O4S2. The first-order chi connectivity index (χ1) is 12.4. The normalized spacial score (nSPS) is 10.2. The van der Waals surface area contributed by atoms with Crippen molar-refractivity contribution in [3.63, 3.8) is 0 Å². The molecule has 2 aromatic carbocycles. The summed E-state index contributed by atoms with van der Waals surface area (Å²) >= 11 is 6.63. The van der Waals surface area contributed by atoms with Gasteiger partial charge in [0.2, 0.25) is 0 Å². The number of nitrogens with one attached hydrogen (secondary N) is 2. The highest BCUT2D eigenvalue weighted by Crippen LogP contribution is 2.22. The SMILES string of the molecule is O=C(O)CCCSC(=S)Nc1ccc(Nc2ccc([N+](=O)[O-])cc2)cc1. The minimum Gasteiger partial charge on any atom is -0.481 e. The molecule has 0 aliphatic rings. The van der Waals surface area contributed by atoms with Gasteiger partial charge in [0.15, 0.2) is 0 Å². The van der Waals surface area contributed by atoms with E-state index >= 15 is 0 Å². The van der Waals surface area contributed by atoms with Gasteiger partial charge in [-0.15, -0.1) is 0 Å². The van der Waals surface area contributed by atoms with E-state index in [4.69, 9.17) is 17.3 Å². The molecule has 0 saturated carbocycles. The molecule has 0 amide bonds. The number of aliphatic carboxylic acids is 1. The molecule has 9 heteroatoms. The zero-order valence-electron chi connectivity index (χ0n) is 13.7. The molecule has 26 heavy (non-hydrogen) atoms. The molecule has 3 N–H and O–H groups in total. The number of thioether (sulfide) groups is 1. The molecule has 0 radical (unpaired) electrons. The average Bonchev–Trinajstić information content (AvgIpc) is 2.61. The number of nitro benzene ring substituents is 1. The van der Waals surface area contributed by atoms with Crippen LogP contribution in [0.15, 0.2) is 48.5 Å². The summed E-state index contributed by atoms with van der Waals surface area (Å²) in [5, 5.41) is 25.5. The third-order valence-electron chi connectivity index (χ3n) is 3.27. The zero-order chi connectivity index (χ0) is 18.9. The van der Waals surface area contributed by atoms with Crippen LogP contribution < -0.4 is 10.6 Å². The first-order valence-corrected chi connectivity index (χ1v) is 9.10. The molecule has 0 saturated heterocycles. The maximum atomic E-state index is 10.6. The summed E-state index contributed by atoms with van der Waals surface area (Å²) in [5.74, 6) is -0.154. The number of hydrogen-bond acceptors (Lipinski definition) is 6. The number of benzene rings is 2. The number of carboxylic acids is 1. The number of carbonyl (C=O) groups is 1. The van der Waals surface area contributed by atoms with Crippen LogP contribution in [0.25, 0.3) is 0 Å². The first-order valence-electron chi connectivity index (χ1n) is 7.71. The van der Waals surface area contributed by atoms with Crippen LogP contribution >= 0.6 is 24.0 Å². The van der Waals surface area contributed by atoms with Gasteiger partial charge in [0.25, 0.3) is 5.69 Å². The lowest BCUT2D eigenvalue weighted by molar-refractivity contribution is -0.384. The summed E-state index contributed by atoms with van der Waals surface area (Å²) in [6, 6.07) is 13.6. The smallest absolute Gasteiger partial charge is 0.303 e. The zero-order valence-corrected chi connectivity index (χ0v) is 15.3. The number of non-ortho nitro benzene ring substituents is 1. The minimum absolute atomic E-state index is 0.0458. The Morgan fingerprint density at radius 3 is 2.15 bits per heavy atom. The second-order valence-corrected chi connectivity index (χ2v) is 7.04. The highest BCUT2D eigenvalue weighted by molar-refractivity contribution is 8.23. The van der Waals surface area contributed by atoms with Gasteiger partial charge in [0, 0.05) is 41.4 Å². The molecule has 0 bridgehead atoms. The van der Waals surface area contributed by atoms with Gasteiger partial charge >= 0.3 is 5.97 Å². The van der Waals surface area contributed by atoms with Gasteiger partial charge in [-0.25, -0.2) is 0 Å². The third kappa shape index (κ3) is 6.69. The fourth-order valence-electron chi connectivity index (χ4n) is 2.01. The molecule has 0 aromatic heterocycles. The Kier molecular flexibility index (Phi) is 7.37. The molecule has 0 aliphatic heterocycles. The van der Waals surface area contributed by atoms with Crippen LogP contribution in [0.4, 0.5) is 22.7 Å². The summed E-state index contributed by atoms with van der Waals surface area (Å²) in [4.78, 5) is 20.7. The van der Waals surface area contributed by atoms with Crippen LogP contribution in [0.3, 0.4) is 0 Å². The largest absolute Gasteiger partial charge is 0.481 e. The highest BCUT2D eigenvalue weighted by Gasteiger charge is 2.05. The van der Waals surface area contributed by atoms with Crippen molar-refractivity contribution in [1.29, 1.82) is 0 Å². The van der Waals surface area contributed by atoms with E-state index in [0.29, 0.717) is 16.5 Å². The van der Waals surface area contributed by atoms with Crippen LogP contribution in [-0.4, -0.2) is 26.1 Å². The molecule has 0 unspecified atom stereocenters. The van der Waals surface area contributed by atoms with Crippen LogP contribution in [0.2, 0.25) is 0 Å². The number of carboxylic acid groups (broad SMARTS) is 1. The van der Waals surface area contributed by atoms with Crippen molar-refractivity contribution in [1.82, 2.24) is 0 Å². The monoisotopic (exact) mass is 391 g/mol. The second kappa shape index (κ2) is 9.73. The molecule has 2 aromatic rings. The summed E-state index contributed by atoms with van der Waals surface area (Å²) < 4.78 is 0.589. The number of nitro groups is 1. The first kappa shape index (κ1) is 19.7. The molecule has 0 heterocycles. The maximum absolute atomic E-state index is 10.6. The maximum Gasteiger partial charge on any atom is 0.303 e. The van der Waals surface area contributed by atoms with Crippen molar-refractivity contribution in [3.05, 3.63) is 58.6 Å². The Balaban J connectivity index is 1.82. The van der Waals surface area contributed by atoms with Crippen molar-refractivity contribution in [3.8, 4) is 0 Å². The lowest BCUT2D eigenvalue weighted by Crippen LogP contribution is -2.06. The molecule has 0 fully saturated rings. The predicted molar refractivity (Wildman–Crippen MR) is 108 cm³/mol. The van der Waals surface area contributed by atoms with Crippen molar-refractivity contribution in [2.75, 3.05) is 16.4 Å². The molecular weight excluding hydrogens is 374 g/mol. The quantitative estimate of drug-likeness (QED) is 0.259. The Labute approximate surface area is 160 Å². The van der Waals surface area contributed by atoms with Crippen molar-refractivity contribution >= 4 is 57.0 Å². The van der Waals surface area contributed by atoms with Crippen LogP contribution in [0.1, 0.15) is 12.8 Å².